The number of hydrogen-bond donors (Lipinski definition) is 2. The summed E-state index contributed by atoms with van der Waals surface area (Å²) >= 11 is 0. The van der Waals surface area contributed by atoms with Gasteiger partial charge in [0.25, 0.3) is 0 Å². The van der Waals surface area contributed by atoms with Crippen molar-refractivity contribution in [2.75, 3.05) is 26.0 Å². The standard InChI is InChI=1S/C17H27N3O3/c1-12(16(22)19-17(2,3)4)20(5)11-15(21)18-13-7-9-14(23-6)10-8-13/h7-10,12H,11H2,1-6H3,(H,18,21)(H,19,22). The number of carbonyl (C=O) groups excluding carboxylic acids is 2. The molecule has 1 rings (SSSR count). The molecule has 2 N–H and O–H groups in total. The van der Waals surface area contributed by atoms with E-state index >= 15 is 0 Å². The van der Waals surface area contributed by atoms with Crippen molar-refractivity contribution in [1.29, 1.82) is 0 Å². The lowest BCUT2D eigenvalue weighted by Gasteiger charge is -2.28. The van der Waals surface area contributed by atoms with Crippen LogP contribution in [0.15, 0.2) is 24.3 Å². The molecule has 0 aliphatic heterocycles. The Balaban J connectivity index is 2.53. The maximum atomic E-state index is 12.1. The number of nitrogens with zero attached hydrogens (tertiary/aromatic N) is 1. The lowest BCUT2D eigenvalue weighted by Crippen LogP contribution is -2.51. The van der Waals surface area contributed by atoms with Gasteiger partial charge in [-0.05, 0) is 59.0 Å². The molecule has 2 amide bonds. The fourth-order valence-electron chi connectivity index (χ4n) is 1.91. The van der Waals surface area contributed by atoms with Crippen LogP contribution in [0.4, 0.5) is 5.69 Å². The van der Waals surface area contributed by atoms with E-state index in [-0.39, 0.29) is 23.9 Å². The van der Waals surface area contributed by atoms with Gasteiger partial charge < -0.3 is 15.4 Å². The van der Waals surface area contributed by atoms with Gasteiger partial charge in [-0.2, -0.15) is 0 Å². The van der Waals surface area contributed by atoms with Gasteiger partial charge >= 0.3 is 0 Å². The second-order valence-electron chi connectivity index (χ2n) is 6.61. The predicted molar refractivity (Wildman–Crippen MR) is 91.6 cm³/mol. The molecular formula is C17H27N3O3. The third-order valence-electron chi connectivity index (χ3n) is 3.31. The third kappa shape index (κ3) is 6.69. The summed E-state index contributed by atoms with van der Waals surface area (Å²) in [6.07, 6.45) is 0. The number of benzene rings is 1. The van der Waals surface area contributed by atoms with Crippen LogP contribution >= 0.6 is 0 Å². The van der Waals surface area contributed by atoms with E-state index in [1.165, 1.54) is 0 Å². The summed E-state index contributed by atoms with van der Waals surface area (Å²) in [7, 11) is 3.34. The van der Waals surface area contributed by atoms with Crippen molar-refractivity contribution in [3.05, 3.63) is 24.3 Å². The van der Waals surface area contributed by atoms with Gasteiger partial charge in [0.05, 0.1) is 19.7 Å². The minimum Gasteiger partial charge on any atom is -0.497 e. The number of rotatable bonds is 6. The van der Waals surface area contributed by atoms with Crippen LogP contribution in [-0.2, 0) is 9.59 Å². The summed E-state index contributed by atoms with van der Waals surface area (Å²) in [4.78, 5) is 25.9. The highest BCUT2D eigenvalue weighted by molar-refractivity contribution is 5.92. The summed E-state index contributed by atoms with van der Waals surface area (Å²) in [5.74, 6) is 0.456. The lowest BCUT2D eigenvalue weighted by molar-refractivity contribution is -0.127. The van der Waals surface area contributed by atoms with E-state index in [9.17, 15) is 9.59 Å². The Morgan fingerprint density at radius 1 is 1.22 bits per heavy atom. The lowest BCUT2D eigenvalue weighted by atomic mass is 10.1. The number of likely N-dealkylation sites (N-methyl/N-ethyl adjacent to an activating group) is 1. The number of anilines is 1. The van der Waals surface area contributed by atoms with Gasteiger partial charge in [-0.15, -0.1) is 0 Å². The summed E-state index contributed by atoms with van der Waals surface area (Å²) in [5.41, 5.74) is 0.397. The molecule has 0 aromatic heterocycles. The van der Waals surface area contributed by atoms with Gasteiger partial charge in [-0.3, -0.25) is 14.5 Å². The number of amides is 2. The molecule has 0 aliphatic carbocycles. The number of carbonyl (C=O) groups is 2. The van der Waals surface area contributed by atoms with Crippen LogP contribution in [-0.4, -0.2) is 49.0 Å². The Morgan fingerprint density at radius 2 is 1.78 bits per heavy atom. The first-order valence-electron chi connectivity index (χ1n) is 7.58. The first kappa shape index (κ1) is 19.0. The average molecular weight is 321 g/mol. The van der Waals surface area contributed by atoms with E-state index in [0.717, 1.165) is 5.75 Å². The monoisotopic (exact) mass is 321 g/mol. The molecule has 0 fully saturated rings. The summed E-state index contributed by atoms with van der Waals surface area (Å²) < 4.78 is 5.07. The first-order chi connectivity index (χ1) is 10.6. The molecule has 0 radical (unpaired) electrons. The number of methoxy groups -OCH3 is 1. The van der Waals surface area contributed by atoms with Crippen molar-refractivity contribution in [2.45, 2.75) is 39.3 Å². The second-order valence-corrected chi connectivity index (χ2v) is 6.61. The zero-order valence-electron chi connectivity index (χ0n) is 14.8. The SMILES string of the molecule is COc1ccc(NC(=O)CN(C)C(C)C(=O)NC(C)(C)C)cc1. The smallest absolute Gasteiger partial charge is 0.238 e. The molecule has 1 atom stereocenters. The van der Waals surface area contributed by atoms with Crippen molar-refractivity contribution in [2.24, 2.45) is 0 Å². The van der Waals surface area contributed by atoms with Crippen molar-refractivity contribution < 1.29 is 14.3 Å². The minimum absolute atomic E-state index is 0.0998. The van der Waals surface area contributed by atoms with Crippen molar-refractivity contribution in [3.63, 3.8) is 0 Å². The Bertz CT molecular complexity index is 535. The van der Waals surface area contributed by atoms with Crippen LogP contribution in [0.25, 0.3) is 0 Å². The van der Waals surface area contributed by atoms with Gasteiger partial charge in [-0.25, -0.2) is 0 Å². The highest BCUT2D eigenvalue weighted by Crippen LogP contribution is 2.15. The highest BCUT2D eigenvalue weighted by atomic mass is 16.5. The molecule has 6 nitrogen and oxygen atoms in total. The zero-order valence-corrected chi connectivity index (χ0v) is 14.8. The zero-order chi connectivity index (χ0) is 17.6. The maximum Gasteiger partial charge on any atom is 0.238 e. The van der Waals surface area contributed by atoms with E-state index < -0.39 is 6.04 Å². The molecule has 0 saturated carbocycles. The topological polar surface area (TPSA) is 70.7 Å². The van der Waals surface area contributed by atoms with Crippen LogP contribution in [0, 0.1) is 0 Å². The molecule has 0 bridgehead atoms. The van der Waals surface area contributed by atoms with E-state index in [1.807, 2.05) is 20.8 Å². The van der Waals surface area contributed by atoms with Gasteiger partial charge in [0.15, 0.2) is 0 Å². The number of nitrogens with one attached hydrogen (secondary N) is 2. The van der Waals surface area contributed by atoms with Crippen LogP contribution in [0.2, 0.25) is 0 Å². The first-order valence-corrected chi connectivity index (χ1v) is 7.58. The quantitative estimate of drug-likeness (QED) is 0.839. The Labute approximate surface area is 138 Å². The van der Waals surface area contributed by atoms with Gasteiger partial charge in [0.2, 0.25) is 11.8 Å². The Kier molecular flexibility index (Phi) is 6.57. The molecule has 1 aromatic carbocycles. The minimum atomic E-state index is -0.393. The molecular weight excluding hydrogens is 294 g/mol. The molecule has 6 heteroatoms. The van der Waals surface area contributed by atoms with Crippen LogP contribution in [0.5, 0.6) is 5.75 Å². The van der Waals surface area contributed by atoms with Gasteiger partial charge in [0, 0.05) is 11.2 Å². The van der Waals surface area contributed by atoms with Crippen LogP contribution < -0.4 is 15.4 Å². The largest absolute Gasteiger partial charge is 0.497 e. The van der Waals surface area contributed by atoms with Crippen molar-refractivity contribution >= 4 is 17.5 Å². The molecule has 0 saturated heterocycles. The summed E-state index contributed by atoms with van der Waals surface area (Å²) in [6.45, 7) is 7.68. The maximum absolute atomic E-state index is 12.1. The summed E-state index contributed by atoms with van der Waals surface area (Å²) in [5, 5.41) is 5.71. The van der Waals surface area contributed by atoms with Gasteiger partial charge in [0.1, 0.15) is 5.75 Å². The number of ether oxygens (including phenoxy) is 1. The molecule has 23 heavy (non-hydrogen) atoms. The van der Waals surface area contributed by atoms with E-state index in [0.29, 0.717) is 5.69 Å². The Morgan fingerprint density at radius 3 is 2.26 bits per heavy atom. The van der Waals surface area contributed by atoms with Crippen molar-refractivity contribution in [3.8, 4) is 5.75 Å². The van der Waals surface area contributed by atoms with E-state index in [2.05, 4.69) is 10.6 Å². The van der Waals surface area contributed by atoms with Crippen LogP contribution in [0.1, 0.15) is 27.7 Å². The van der Waals surface area contributed by atoms with Crippen molar-refractivity contribution in [1.82, 2.24) is 10.2 Å². The molecule has 1 aromatic rings. The molecule has 0 spiro atoms. The predicted octanol–water partition coefficient (Wildman–Crippen LogP) is 1.87. The van der Waals surface area contributed by atoms with E-state index in [4.69, 9.17) is 4.74 Å². The molecule has 0 aliphatic rings. The Hall–Kier alpha value is -2.08. The fraction of sp³-hybridized carbons (Fsp3) is 0.529. The van der Waals surface area contributed by atoms with Crippen LogP contribution in [0.3, 0.4) is 0 Å². The summed E-state index contributed by atoms with van der Waals surface area (Å²) in [6, 6.07) is 6.70. The normalized spacial score (nSPS) is 12.7. The molecule has 0 heterocycles. The fourth-order valence-corrected chi connectivity index (χ4v) is 1.91. The molecule has 1 unspecified atom stereocenters. The second kappa shape index (κ2) is 7.97. The third-order valence-corrected chi connectivity index (χ3v) is 3.31. The molecule has 128 valence electrons. The van der Waals surface area contributed by atoms with E-state index in [1.54, 1.807) is 50.2 Å². The number of hydrogen-bond acceptors (Lipinski definition) is 4. The highest BCUT2D eigenvalue weighted by Gasteiger charge is 2.23. The average Bonchev–Trinajstić information content (AvgIpc) is 2.45. The van der Waals surface area contributed by atoms with Gasteiger partial charge in [-0.1, -0.05) is 0 Å².